The third kappa shape index (κ3) is 6.86. The van der Waals surface area contributed by atoms with Gasteiger partial charge in [-0.3, -0.25) is 14.4 Å². The summed E-state index contributed by atoms with van der Waals surface area (Å²) in [5.41, 5.74) is 2.10. The molecule has 0 spiro atoms. The molecule has 210 valence electrons. The van der Waals surface area contributed by atoms with Crippen LogP contribution >= 0.6 is 15.9 Å². The molecule has 4 atom stereocenters. The molecule has 1 saturated heterocycles. The predicted octanol–water partition coefficient (Wildman–Crippen LogP) is 3.42. The minimum atomic E-state index is -1.76. The number of phenolic OH excluding ortho intramolecular Hbond substituents is 1. The average Bonchev–Trinajstić information content (AvgIpc) is 3.35. The number of carbonyl (C=O) groups is 3. The third-order valence-corrected chi connectivity index (χ3v) is 7.82. The van der Waals surface area contributed by atoms with Gasteiger partial charge < -0.3 is 25.7 Å². The molecule has 1 aliphatic rings. The van der Waals surface area contributed by atoms with Crippen molar-refractivity contribution in [3.05, 3.63) is 99.5 Å². The van der Waals surface area contributed by atoms with Gasteiger partial charge >= 0.3 is 0 Å². The van der Waals surface area contributed by atoms with Gasteiger partial charge in [-0.1, -0.05) is 70.5 Å². The first kappa shape index (κ1) is 29.2. The molecule has 0 aliphatic carbocycles. The van der Waals surface area contributed by atoms with Gasteiger partial charge in [0, 0.05) is 28.6 Å². The molecule has 0 saturated carbocycles. The maximum atomic E-state index is 14.5. The molecular formula is C30H31BrFN3O5. The Morgan fingerprint density at radius 3 is 2.48 bits per heavy atom. The number of aliphatic hydroxyl groups is 1. The van der Waals surface area contributed by atoms with Crippen LogP contribution in [0, 0.1) is 6.92 Å². The molecule has 4 rings (SSSR count). The lowest BCUT2D eigenvalue weighted by atomic mass is 9.98. The first-order valence-corrected chi connectivity index (χ1v) is 13.7. The Balaban J connectivity index is 1.52. The number of aromatic hydroxyl groups is 1. The Bertz CT molecular complexity index is 1370. The fourth-order valence-corrected chi connectivity index (χ4v) is 5.21. The van der Waals surface area contributed by atoms with Crippen molar-refractivity contribution in [2.75, 3.05) is 6.54 Å². The molecule has 0 bridgehead atoms. The van der Waals surface area contributed by atoms with E-state index in [1.54, 1.807) is 31.2 Å². The molecular weight excluding hydrogens is 581 g/mol. The van der Waals surface area contributed by atoms with Crippen LogP contribution in [-0.2, 0) is 22.6 Å². The Kier molecular flexibility index (Phi) is 9.54. The van der Waals surface area contributed by atoms with Crippen LogP contribution in [0.15, 0.2) is 77.3 Å². The summed E-state index contributed by atoms with van der Waals surface area (Å²) in [6, 6.07) is 18.6. The first-order chi connectivity index (χ1) is 19.2. The third-order valence-electron chi connectivity index (χ3n) is 7.05. The standard InChI is InChI=1S/C30H31BrFN3O5/c1-18-22(11-7-13-26(18)36)28(38)34-24(14-19-8-3-2-4-9-19)27(37)30(40)35-17-21(32)15-25(35)29(39)33-16-20-10-5-6-12-23(20)31/h2-13,21,24-25,27,36-37H,14-17H2,1H3,(H,33,39)(H,34,38)/t21-,24-,25-,27-/m0/s1. The summed E-state index contributed by atoms with van der Waals surface area (Å²) in [5, 5.41) is 26.7. The largest absolute Gasteiger partial charge is 0.508 e. The fourth-order valence-electron chi connectivity index (χ4n) is 4.79. The van der Waals surface area contributed by atoms with Crippen LogP contribution in [0.4, 0.5) is 4.39 Å². The number of alkyl halides is 1. The van der Waals surface area contributed by atoms with E-state index >= 15 is 0 Å². The van der Waals surface area contributed by atoms with Gasteiger partial charge in [-0.25, -0.2) is 4.39 Å². The van der Waals surface area contributed by atoms with Crippen LogP contribution in [0.2, 0.25) is 0 Å². The number of amides is 3. The zero-order chi connectivity index (χ0) is 28.8. The lowest BCUT2D eigenvalue weighted by molar-refractivity contribution is -0.146. The number of aliphatic hydroxyl groups excluding tert-OH is 1. The summed E-state index contributed by atoms with van der Waals surface area (Å²) < 4.78 is 15.3. The molecule has 3 aromatic carbocycles. The van der Waals surface area contributed by atoms with Gasteiger partial charge in [0.1, 0.15) is 18.0 Å². The van der Waals surface area contributed by atoms with E-state index in [0.29, 0.717) is 5.56 Å². The number of nitrogens with one attached hydrogen (secondary N) is 2. The summed E-state index contributed by atoms with van der Waals surface area (Å²) in [6.45, 7) is 1.41. The van der Waals surface area contributed by atoms with Crippen LogP contribution in [0.1, 0.15) is 33.5 Å². The number of halogens is 2. The number of benzene rings is 3. The molecule has 4 N–H and O–H groups in total. The number of rotatable bonds is 9. The van der Waals surface area contributed by atoms with E-state index in [4.69, 9.17) is 0 Å². The molecule has 1 aliphatic heterocycles. The van der Waals surface area contributed by atoms with Crippen molar-refractivity contribution in [1.29, 1.82) is 0 Å². The zero-order valence-corrected chi connectivity index (χ0v) is 23.5. The quantitative estimate of drug-likeness (QED) is 0.296. The van der Waals surface area contributed by atoms with Crippen LogP contribution in [0.3, 0.4) is 0 Å². The SMILES string of the molecule is Cc1c(O)cccc1C(=O)N[C@@H](Cc1ccccc1)[C@H](O)C(=O)N1C[C@@H](F)C[C@H]1C(=O)NCc1ccccc1Br. The molecule has 10 heteroatoms. The highest BCUT2D eigenvalue weighted by Gasteiger charge is 2.43. The van der Waals surface area contributed by atoms with Crippen LogP contribution in [0.25, 0.3) is 0 Å². The molecule has 1 fully saturated rings. The number of hydrogen-bond donors (Lipinski definition) is 4. The normalized spacial score (nSPS) is 18.1. The maximum absolute atomic E-state index is 14.5. The second kappa shape index (κ2) is 13.1. The van der Waals surface area contributed by atoms with E-state index in [0.717, 1.165) is 20.5 Å². The highest BCUT2D eigenvalue weighted by molar-refractivity contribution is 9.10. The summed E-state index contributed by atoms with van der Waals surface area (Å²) in [4.78, 5) is 40.8. The van der Waals surface area contributed by atoms with E-state index in [1.165, 1.54) is 18.2 Å². The number of likely N-dealkylation sites (tertiary alicyclic amines) is 1. The summed E-state index contributed by atoms with van der Waals surface area (Å²) in [7, 11) is 0. The smallest absolute Gasteiger partial charge is 0.254 e. The van der Waals surface area contributed by atoms with Crippen molar-refractivity contribution in [2.45, 2.75) is 50.7 Å². The summed E-state index contributed by atoms with van der Waals surface area (Å²) in [6.07, 6.45) is -3.29. The highest BCUT2D eigenvalue weighted by atomic mass is 79.9. The van der Waals surface area contributed by atoms with Crippen molar-refractivity contribution in [3.8, 4) is 5.75 Å². The number of hydrogen-bond acceptors (Lipinski definition) is 5. The highest BCUT2D eigenvalue weighted by Crippen LogP contribution is 2.24. The van der Waals surface area contributed by atoms with Gasteiger partial charge in [-0.05, 0) is 42.7 Å². The van der Waals surface area contributed by atoms with Gasteiger partial charge in [0.25, 0.3) is 11.8 Å². The molecule has 8 nitrogen and oxygen atoms in total. The Morgan fingerprint density at radius 2 is 1.75 bits per heavy atom. The molecule has 1 heterocycles. The topological polar surface area (TPSA) is 119 Å². The van der Waals surface area contributed by atoms with Crippen LogP contribution < -0.4 is 10.6 Å². The number of phenols is 1. The van der Waals surface area contributed by atoms with Gasteiger partial charge in [-0.2, -0.15) is 0 Å². The van der Waals surface area contributed by atoms with Crippen LogP contribution in [0.5, 0.6) is 5.75 Å². The van der Waals surface area contributed by atoms with E-state index in [-0.39, 0.29) is 37.2 Å². The van der Waals surface area contributed by atoms with E-state index in [2.05, 4.69) is 26.6 Å². The number of nitrogens with zero attached hydrogens (tertiary/aromatic N) is 1. The van der Waals surface area contributed by atoms with Gasteiger partial charge in [0.05, 0.1) is 12.6 Å². The van der Waals surface area contributed by atoms with Crippen LogP contribution in [-0.4, -0.2) is 63.7 Å². The Morgan fingerprint density at radius 1 is 1.05 bits per heavy atom. The van der Waals surface area contributed by atoms with Gasteiger partial charge in [0.2, 0.25) is 5.91 Å². The zero-order valence-electron chi connectivity index (χ0n) is 21.9. The van der Waals surface area contributed by atoms with Crippen molar-refractivity contribution in [1.82, 2.24) is 15.5 Å². The Labute approximate surface area is 240 Å². The lowest BCUT2D eigenvalue weighted by Gasteiger charge is -2.30. The van der Waals surface area contributed by atoms with Crippen molar-refractivity contribution >= 4 is 33.7 Å². The molecule has 0 aromatic heterocycles. The monoisotopic (exact) mass is 611 g/mol. The predicted molar refractivity (Wildman–Crippen MR) is 151 cm³/mol. The lowest BCUT2D eigenvalue weighted by Crippen LogP contribution is -2.55. The second-order valence-corrected chi connectivity index (χ2v) is 10.7. The second-order valence-electron chi connectivity index (χ2n) is 9.81. The van der Waals surface area contributed by atoms with Crippen molar-refractivity contribution < 1.29 is 29.0 Å². The maximum Gasteiger partial charge on any atom is 0.254 e. The van der Waals surface area contributed by atoms with Gasteiger partial charge in [-0.15, -0.1) is 0 Å². The fraction of sp³-hybridized carbons (Fsp3) is 0.300. The molecule has 3 aromatic rings. The van der Waals surface area contributed by atoms with Crippen molar-refractivity contribution in [2.24, 2.45) is 0 Å². The average molecular weight is 612 g/mol. The first-order valence-electron chi connectivity index (χ1n) is 12.9. The van der Waals surface area contributed by atoms with E-state index in [1.807, 2.05) is 30.3 Å². The Hall–Kier alpha value is -3.76. The van der Waals surface area contributed by atoms with Crippen molar-refractivity contribution in [3.63, 3.8) is 0 Å². The molecule has 40 heavy (non-hydrogen) atoms. The van der Waals surface area contributed by atoms with E-state index in [9.17, 15) is 29.0 Å². The summed E-state index contributed by atoms with van der Waals surface area (Å²) in [5.74, 6) is -2.04. The van der Waals surface area contributed by atoms with Gasteiger partial charge in [0.15, 0.2) is 6.10 Å². The minimum Gasteiger partial charge on any atom is -0.508 e. The molecule has 3 amide bonds. The number of carbonyl (C=O) groups excluding carboxylic acids is 3. The molecule has 0 radical (unpaired) electrons. The minimum absolute atomic E-state index is 0.0636. The molecule has 0 unspecified atom stereocenters. The van der Waals surface area contributed by atoms with E-state index < -0.39 is 42.1 Å². The summed E-state index contributed by atoms with van der Waals surface area (Å²) >= 11 is 3.42.